The first-order valence-corrected chi connectivity index (χ1v) is 12.2. The molecule has 33 heavy (non-hydrogen) atoms. The van der Waals surface area contributed by atoms with Crippen LogP contribution in [0.3, 0.4) is 0 Å². The molecule has 2 heterocycles. The van der Waals surface area contributed by atoms with Gasteiger partial charge in [-0.2, -0.15) is 0 Å². The number of benzene rings is 2. The average Bonchev–Trinajstić information content (AvgIpc) is 2.80. The van der Waals surface area contributed by atoms with Crippen molar-refractivity contribution in [2.45, 2.75) is 19.0 Å². The van der Waals surface area contributed by atoms with Crippen molar-refractivity contribution in [3.8, 4) is 5.75 Å². The first-order valence-electron chi connectivity index (χ1n) is 10.6. The van der Waals surface area contributed by atoms with Gasteiger partial charge in [-0.15, -0.1) is 0 Å². The molecule has 1 fully saturated rings. The Bertz CT molecular complexity index is 1050. The molecule has 2 unspecified atom stereocenters. The number of nitrogens with zero attached hydrogens (tertiary/aromatic N) is 2. The van der Waals surface area contributed by atoms with Crippen LogP contribution in [-0.2, 0) is 14.3 Å². The van der Waals surface area contributed by atoms with E-state index in [1.54, 1.807) is 19.1 Å². The van der Waals surface area contributed by atoms with Gasteiger partial charge in [0.1, 0.15) is 11.8 Å². The second kappa shape index (κ2) is 10.6. The fourth-order valence-corrected chi connectivity index (χ4v) is 4.73. The van der Waals surface area contributed by atoms with Gasteiger partial charge in [0.15, 0.2) is 6.61 Å². The van der Waals surface area contributed by atoms with Gasteiger partial charge in [-0.1, -0.05) is 51.3 Å². The molecule has 2 aliphatic heterocycles. The number of hydrogen-bond donors (Lipinski definition) is 1. The van der Waals surface area contributed by atoms with E-state index in [2.05, 4.69) is 26.1 Å². The number of rotatable bonds is 6. The van der Waals surface area contributed by atoms with Gasteiger partial charge in [-0.3, -0.25) is 19.4 Å². The minimum absolute atomic E-state index is 0.175. The Hall–Kier alpha value is -1.84. The van der Waals surface area contributed by atoms with E-state index in [4.69, 9.17) is 32.7 Å². The number of ether oxygens (including phenoxy) is 2. The van der Waals surface area contributed by atoms with Crippen molar-refractivity contribution in [2.75, 3.05) is 44.4 Å². The number of carbonyl (C=O) groups excluding carboxylic acids is 2. The van der Waals surface area contributed by atoms with E-state index in [0.717, 1.165) is 23.1 Å². The molecule has 2 atom stereocenters. The third kappa shape index (κ3) is 5.63. The normalized spacial score (nSPS) is 18.3. The highest BCUT2D eigenvalue weighted by Crippen LogP contribution is 2.39. The lowest BCUT2D eigenvalue weighted by Crippen LogP contribution is -2.53. The van der Waals surface area contributed by atoms with Gasteiger partial charge in [0.25, 0.3) is 5.91 Å². The number of amides is 2. The molecule has 2 aromatic rings. The predicted octanol–water partition coefficient (Wildman–Crippen LogP) is 4.06. The highest BCUT2D eigenvalue weighted by molar-refractivity contribution is 9.10. The van der Waals surface area contributed by atoms with Gasteiger partial charge in [-0.25, -0.2) is 0 Å². The summed E-state index contributed by atoms with van der Waals surface area (Å²) in [7, 11) is 0. The first kappa shape index (κ1) is 24.3. The predicted molar refractivity (Wildman–Crippen MR) is 131 cm³/mol. The van der Waals surface area contributed by atoms with Gasteiger partial charge >= 0.3 is 0 Å². The zero-order chi connectivity index (χ0) is 23.5. The van der Waals surface area contributed by atoms with E-state index in [1.165, 1.54) is 4.90 Å². The Morgan fingerprint density at radius 1 is 1.18 bits per heavy atom. The lowest BCUT2D eigenvalue weighted by atomic mass is 10.0. The molecule has 176 valence electrons. The monoisotopic (exact) mass is 555 g/mol. The molecular formula is C23H24BrCl2N3O4. The molecule has 2 amide bonds. The summed E-state index contributed by atoms with van der Waals surface area (Å²) in [6.45, 7) is 5.07. The molecule has 10 heteroatoms. The molecule has 1 N–H and O–H groups in total. The van der Waals surface area contributed by atoms with Crippen molar-refractivity contribution in [1.82, 2.24) is 10.2 Å². The molecule has 0 aliphatic carbocycles. The molecule has 0 spiro atoms. The molecule has 0 radical (unpaired) electrons. The molecule has 0 saturated carbocycles. The fourth-order valence-electron chi connectivity index (χ4n) is 4.00. The van der Waals surface area contributed by atoms with Crippen LogP contribution in [0.15, 0.2) is 40.9 Å². The van der Waals surface area contributed by atoms with Gasteiger partial charge in [0.2, 0.25) is 5.91 Å². The number of fused-ring (bicyclic) bond motifs is 1. The van der Waals surface area contributed by atoms with Crippen LogP contribution in [0.4, 0.5) is 5.69 Å². The number of nitrogens with one attached hydrogen (secondary N) is 1. The van der Waals surface area contributed by atoms with E-state index in [0.29, 0.717) is 36.2 Å². The van der Waals surface area contributed by atoms with Crippen LogP contribution in [-0.4, -0.2) is 62.2 Å². The third-order valence-corrected chi connectivity index (χ3v) is 6.98. The third-order valence-electron chi connectivity index (χ3n) is 5.76. The molecule has 2 aromatic carbocycles. The van der Waals surface area contributed by atoms with Crippen molar-refractivity contribution < 1.29 is 19.1 Å². The lowest BCUT2D eigenvalue weighted by molar-refractivity contribution is -0.128. The smallest absolute Gasteiger partial charge is 0.265 e. The topological polar surface area (TPSA) is 71.1 Å². The molecule has 0 bridgehead atoms. The van der Waals surface area contributed by atoms with Crippen molar-refractivity contribution >= 4 is 56.6 Å². The van der Waals surface area contributed by atoms with Crippen LogP contribution in [0, 0.1) is 0 Å². The number of carbonyl (C=O) groups is 2. The SMILES string of the molecule is CC(C(=O)NC(CN1CCOCC1)c1cccc(Br)c1)N1C(=O)COc2cc(Cl)c(Cl)cc21. The molecule has 2 aliphatic rings. The van der Waals surface area contributed by atoms with Gasteiger partial charge < -0.3 is 14.8 Å². The number of halogens is 3. The van der Waals surface area contributed by atoms with Crippen LogP contribution in [0.1, 0.15) is 18.5 Å². The van der Waals surface area contributed by atoms with Crippen LogP contribution < -0.4 is 15.0 Å². The van der Waals surface area contributed by atoms with Crippen molar-refractivity contribution in [3.63, 3.8) is 0 Å². The molecule has 4 rings (SSSR count). The minimum atomic E-state index is -0.781. The largest absolute Gasteiger partial charge is 0.482 e. The maximum absolute atomic E-state index is 13.4. The Morgan fingerprint density at radius 2 is 1.91 bits per heavy atom. The molecule has 1 saturated heterocycles. The summed E-state index contributed by atoms with van der Waals surface area (Å²) in [6.07, 6.45) is 0. The van der Waals surface area contributed by atoms with Crippen molar-refractivity contribution in [1.29, 1.82) is 0 Å². The average molecular weight is 557 g/mol. The van der Waals surface area contributed by atoms with Crippen LogP contribution in [0.25, 0.3) is 0 Å². The summed E-state index contributed by atoms with van der Waals surface area (Å²) >= 11 is 15.8. The number of hydrogen-bond acceptors (Lipinski definition) is 5. The summed E-state index contributed by atoms with van der Waals surface area (Å²) < 4.78 is 11.9. The highest BCUT2D eigenvalue weighted by atomic mass is 79.9. The Kier molecular flexibility index (Phi) is 7.81. The van der Waals surface area contributed by atoms with Gasteiger partial charge in [0, 0.05) is 30.2 Å². The zero-order valence-electron chi connectivity index (χ0n) is 18.0. The van der Waals surface area contributed by atoms with Crippen LogP contribution in [0.5, 0.6) is 5.75 Å². The Labute approximate surface area is 211 Å². The second-order valence-corrected chi connectivity index (χ2v) is 9.72. The molecule has 0 aromatic heterocycles. The van der Waals surface area contributed by atoms with E-state index >= 15 is 0 Å². The summed E-state index contributed by atoms with van der Waals surface area (Å²) in [5, 5.41) is 3.75. The van der Waals surface area contributed by atoms with E-state index in [1.807, 2.05) is 24.3 Å². The van der Waals surface area contributed by atoms with Crippen LogP contribution in [0.2, 0.25) is 10.0 Å². The highest BCUT2D eigenvalue weighted by Gasteiger charge is 2.35. The summed E-state index contributed by atoms with van der Waals surface area (Å²) in [5.74, 6) is -0.184. The quantitative estimate of drug-likeness (QED) is 0.581. The lowest BCUT2D eigenvalue weighted by Gasteiger charge is -2.35. The maximum atomic E-state index is 13.4. The summed E-state index contributed by atoms with van der Waals surface area (Å²) in [6, 6.07) is 9.93. The number of anilines is 1. The summed E-state index contributed by atoms with van der Waals surface area (Å²) in [5.41, 5.74) is 1.40. The summed E-state index contributed by atoms with van der Waals surface area (Å²) in [4.78, 5) is 29.8. The van der Waals surface area contributed by atoms with Crippen molar-refractivity contribution in [2.24, 2.45) is 0 Å². The number of morpholine rings is 1. The Morgan fingerprint density at radius 3 is 2.64 bits per heavy atom. The van der Waals surface area contributed by atoms with Crippen LogP contribution >= 0.6 is 39.1 Å². The van der Waals surface area contributed by atoms with E-state index in [-0.39, 0.29) is 29.5 Å². The fraction of sp³-hybridized carbons (Fsp3) is 0.391. The Balaban J connectivity index is 1.57. The van der Waals surface area contributed by atoms with Gasteiger partial charge in [-0.05, 0) is 30.7 Å². The molecular weight excluding hydrogens is 533 g/mol. The van der Waals surface area contributed by atoms with Gasteiger partial charge in [0.05, 0.1) is 35.0 Å². The van der Waals surface area contributed by atoms with E-state index < -0.39 is 6.04 Å². The molecule has 7 nitrogen and oxygen atoms in total. The maximum Gasteiger partial charge on any atom is 0.265 e. The van der Waals surface area contributed by atoms with E-state index in [9.17, 15) is 9.59 Å². The minimum Gasteiger partial charge on any atom is -0.482 e. The van der Waals surface area contributed by atoms with Crippen molar-refractivity contribution in [3.05, 3.63) is 56.5 Å². The first-order chi connectivity index (χ1) is 15.8. The standard InChI is InChI=1S/C23H24BrCl2N3O4/c1-14(29-20-10-17(25)18(26)11-21(20)33-13-22(29)30)23(31)27-19(12-28-5-7-32-8-6-28)15-3-2-4-16(24)9-15/h2-4,9-11,14,19H,5-8,12-13H2,1H3,(H,27,31). The second-order valence-electron chi connectivity index (χ2n) is 7.99. The zero-order valence-corrected chi connectivity index (χ0v) is 21.1.